The fourth-order valence-corrected chi connectivity index (χ4v) is 2.70. The average molecular weight is 372 g/mol. The van der Waals surface area contributed by atoms with Crippen molar-refractivity contribution in [2.75, 3.05) is 0 Å². The number of amides is 1. The molecule has 25 heavy (non-hydrogen) atoms. The first kappa shape index (κ1) is 17.3. The van der Waals surface area contributed by atoms with Crippen LogP contribution < -0.4 is 5.43 Å². The molecule has 0 saturated heterocycles. The third kappa shape index (κ3) is 4.10. The topological polar surface area (TPSA) is 46.4 Å². The van der Waals surface area contributed by atoms with E-state index < -0.39 is 0 Å². The second kappa shape index (κ2) is 7.55. The highest BCUT2D eigenvalue weighted by Crippen LogP contribution is 2.22. The van der Waals surface area contributed by atoms with Crippen molar-refractivity contribution in [1.29, 1.82) is 0 Å². The number of halogens is 2. The van der Waals surface area contributed by atoms with Crippen molar-refractivity contribution in [3.05, 3.63) is 87.7 Å². The number of nitrogens with one attached hydrogen (secondary N) is 1. The van der Waals surface area contributed by atoms with Gasteiger partial charge in [0.25, 0.3) is 5.91 Å². The van der Waals surface area contributed by atoms with Gasteiger partial charge in [-0.25, -0.2) is 5.43 Å². The van der Waals surface area contributed by atoms with Crippen molar-refractivity contribution in [3.63, 3.8) is 0 Å². The number of hydrazone groups is 1. The zero-order chi connectivity index (χ0) is 17.8. The number of aromatic nitrogens is 1. The molecule has 0 atom stereocenters. The predicted octanol–water partition coefficient (Wildman–Crippen LogP) is 4.86. The van der Waals surface area contributed by atoms with Gasteiger partial charge in [-0.1, -0.05) is 41.4 Å². The molecular formula is C19H15Cl2N3O. The Balaban J connectivity index is 1.70. The summed E-state index contributed by atoms with van der Waals surface area (Å²) in [7, 11) is 0. The molecule has 6 heteroatoms. The van der Waals surface area contributed by atoms with Gasteiger partial charge in [-0.15, -0.1) is 0 Å². The van der Waals surface area contributed by atoms with E-state index in [0.29, 0.717) is 15.6 Å². The van der Waals surface area contributed by atoms with E-state index in [0.717, 1.165) is 16.9 Å². The normalized spacial score (nSPS) is 11.0. The Kier molecular flexibility index (Phi) is 5.22. The molecule has 0 aliphatic rings. The Labute approximate surface area is 155 Å². The molecule has 3 rings (SSSR count). The predicted molar refractivity (Wildman–Crippen MR) is 102 cm³/mol. The van der Waals surface area contributed by atoms with Gasteiger partial charge in [-0.2, -0.15) is 5.10 Å². The molecule has 2 aromatic carbocycles. The van der Waals surface area contributed by atoms with Crippen LogP contribution in [-0.2, 0) is 0 Å². The minimum Gasteiger partial charge on any atom is -0.321 e. The largest absolute Gasteiger partial charge is 0.321 e. The second-order valence-corrected chi connectivity index (χ2v) is 6.26. The van der Waals surface area contributed by atoms with E-state index in [1.807, 2.05) is 49.5 Å². The van der Waals surface area contributed by atoms with Crippen molar-refractivity contribution >= 4 is 35.3 Å². The zero-order valence-electron chi connectivity index (χ0n) is 13.4. The van der Waals surface area contributed by atoms with Crippen LogP contribution in [0.3, 0.4) is 0 Å². The van der Waals surface area contributed by atoms with Gasteiger partial charge in [-0.3, -0.25) is 4.79 Å². The van der Waals surface area contributed by atoms with Crippen molar-refractivity contribution in [3.8, 4) is 5.69 Å². The van der Waals surface area contributed by atoms with Crippen molar-refractivity contribution in [1.82, 2.24) is 9.99 Å². The molecule has 1 N–H and O–H groups in total. The number of hydrogen-bond donors (Lipinski definition) is 1. The monoisotopic (exact) mass is 371 g/mol. The molecule has 1 aromatic heterocycles. The molecule has 1 amide bonds. The van der Waals surface area contributed by atoms with Crippen molar-refractivity contribution in [2.24, 2.45) is 5.10 Å². The van der Waals surface area contributed by atoms with Crippen LogP contribution in [0.2, 0.25) is 10.0 Å². The summed E-state index contributed by atoms with van der Waals surface area (Å²) in [4.78, 5) is 12.1. The lowest BCUT2D eigenvalue weighted by molar-refractivity contribution is 0.0955. The van der Waals surface area contributed by atoms with Gasteiger partial charge in [0.1, 0.15) is 0 Å². The van der Waals surface area contributed by atoms with Crippen molar-refractivity contribution < 1.29 is 4.79 Å². The number of rotatable bonds is 4. The maximum Gasteiger partial charge on any atom is 0.271 e. The van der Waals surface area contributed by atoms with E-state index in [2.05, 4.69) is 15.1 Å². The van der Waals surface area contributed by atoms with Crippen LogP contribution in [0.25, 0.3) is 5.69 Å². The van der Waals surface area contributed by atoms with Crippen LogP contribution >= 0.6 is 23.2 Å². The fraction of sp³-hybridized carbons (Fsp3) is 0.0526. The maximum absolute atomic E-state index is 12.1. The molecule has 0 spiro atoms. The Hall–Kier alpha value is -2.56. The molecule has 0 aliphatic heterocycles. The van der Waals surface area contributed by atoms with Gasteiger partial charge in [-0.05, 0) is 43.3 Å². The summed E-state index contributed by atoms with van der Waals surface area (Å²) in [5.41, 5.74) is 5.90. The second-order valence-electron chi connectivity index (χ2n) is 5.45. The van der Waals surface area contributed by atoms with Crippen molar-refractivity contribution in [2.45, 2.75) is 6.92 Å². The molecule has 0 unspecified atom stereocenters. The molecule has 3 aromatic rings. The molecule has 126 valence electrons. The molecule has 1 heterocycles. The molecule has 0 bridgehead atoms. The van der Waals surface area contributed by atoms with E-state index in [9.17, 15) is 4.79 Å². The zero-order valence-corrected chi connectivity index (χ0v) is 14.9. The summed E-state index contributed by atoms with van der Waals surface area (Å²) in [6.07, 6.45) is 3.56. The third-order valence-corrected chi connectivity index (χ3v) is 4.37. The lowest BCUT2D eigenvalue weighted by Crippen LogP contribution is -2.17. The maximum atomic E-state index is 12.1. The number of hydrogen-bond acceptors (Lipinski definition) is 2. The van der Waals surface area contributed by atoms with Gasteiger partial charge in [0.15, 0.2) is 0 Å². The number of nitrogens with zero attached hydrogens (tertiary/aromatic N) is 2. The summed E-state index contributed by atoms with van der Waals surface area (Å²) in [6, 6.07) is 16.7. The van der Waals surface area contributed by atoms with Crippen LogP contribution in [0.4, 0.5) is 0 Å². The number of carbonyl (C=O) groups is 1. The molecular weight excluding hydrogens is 357 g/mol. The molecule has 0 radical (unpaired) electrons. The SMILES string of the molecule is Cc1cc(/C=N\NC(=O)c2ccc(Cl)c(Cl)c2)cn1-c1ccccc1. The Morgan fingerprint density at radius 3 is 2.56 bits per heavy atom. The highest BCUT2D eigenvalue weighted by Gasteiger charge is 2.07. The van der Waals surface area contributed by atoms with E-state index in [1.54, 1.807) is 18.3 Å². The summed E-state index contributed by atoms with van der Waals surface area (Å²) >= 11 is 11.8. The quantitative estimate of drug-likeness (QED) is 0.516. The Morgan fingerprint density at radius 2 is 1.84 bits per heavy atom. The lowest BCUT2D eigenvalue weighted by Gasteiger charge is -2.04. The first-order valence-electron chi connectivity index (χ1n) is 7.57. The highest BCUT2D eigenvalue weighted by molar-refractivity contribution is 6.42. The van der Waals surface area contributed by atoms with Crippen LogP contribution in [0.1, 0.15) is 21.6 Å². The lowest BCUT2D eigenvalue weighted by atomic mass is 10.2. The van der Waals surface area contributed by atoms with Crippen LogP contribution in [0.5, 0.6) is 0 Å². The Bertz CT molecular complexity index is 933. The van der Waals surface area contributed by atoms with E-state index >= 15 is 0 Å². The average Bonchev–Trinajstić information content (AvgIpc) is 2.98. The number of para-hydroxylation sites is 1. The standard InChI is InChI=1S/C19H15Cl2N3O/c1-13-9-14(12-24(13)16-5-3-2-4-6-16)11-22-23-19(25)15-7-8-17(20)18(21)10-15/h2-12H,1H3,(H,23,25)/b22-11-. The minimum atomic E-state index is -0.353. The van der Waals surface area contributed by atoms with Crippen LogP contribution in [0.15, 0.2) is 65.9 Å². The molecule has 0 fully saturated rings. The molecule has 4 nitrogen and oxygen atoms in total. The number of benzene rings is 2. The Morgan fingerprint density at radius 1 is 1.08 bits per heavy atom. The fourth-order valence-electron chi connectivity index (χ4n) is 2.40. The van der Waals surface area contributed by atoms with E-state index in [-0.39, 0.29) is 5.91 Å². The van der Waals surface area contributed by atoms with Gasteiger partial charge in [0.2, 0.25) is 0 Å². The number of aryl methyl sites for hydroxylation is 1. The van der Waals surface area contributed by atoms with Gasteiger partial charge < -0.3 is 4.57 Å². The summed E-state index contributed by atoms with van der Waals surface area (Å²) in [5.74, 6) is -0.353. The first-order chi connectivity index (χ1) is 12.0. The van der Waals surface area contributed by atoms with Gasteiger partial charge in [0, 0.05) is 28.7 Å². The van der Waals surface area contributed by atoms with Crippen LogP contribution in [0, 0.1) is 6.92 Å². The summed E-state index contributed by atoms with van der Waals surface area (Å²) in [6.45, 7) is 2.01. The minimum absolute atomic E-state index is 0.328. The van der Waals surface area contributed by atoms with Gasteiger partial charge >= 0.3 is 0 Å². The first-order valence-corrected chi connectivity index (χ1v) is 8.33. The smallest absolute Gasteiger partial charge is 0.271 e. The molecule has 0 aliphatic carbocycles. The molecule has 0 saturated carbocycles. The van der Waals surface area contributed by atoms with Gasteiger partial charge in [0.05, 0.1) is 16.3 Å². The number of carbonyl (C=O) groups excluding carboxylic acids is 1. The summed E-state index contributed by atoms with van der Waals surface area (Å²) < 4.78 is 2.06. The van der Waals surface area contributed by atoms with Crippen LogP contribution in [-0.4, -0.2) is 16.7 Å². The summed E-state index contributed by atoms with van der Waals surface area (Å²) in [5, 5.41) is 4.73. The van der Waals surface area contributed by atoms with E-state index in [1.165, 1.54) is 6.07 Å². The third-order valence-electron chi connectivity index (χ3n) is 3.63. The highest BCUT2D eigenvalue weighted by atomic mass is 35.5. The van der Waals surface area contributed by atoms with E-state index in [4.69, 9.17) is 23.2 Å².